The second kappa shape index (κ2) is 20.6. The molecule has 4 aromatic heterocycles. The summed E-state index contributed by atoms with van der Waals surface area (Å²) in [5.41, 5.74) is 21.7. The van der Waals surface area contributed by atoms with Crippen molar-refractivity contribution in [3.8, 4) is 11.4 Å². The fourth-order valence-electron chi connectivity index (χ4n) is 14.2. The number of fused-ring (bicyclic) bond motifs is 15. The zero-order valence-electron chi connectivity index (χ0n) is 54.7. The van der Waals surface area contributed by atoms with E-state index in [1.807, 2.05) is 0 Å². The Balaban J connectivity index is 0.811. The van der Waals surface area contributed by atoms with Crippen LogP contribution in [0, 0.1) is 0 Å². The van der Waals surface area contributed by atoms with E-state index in [9.17, 15) is 0 Å². The van der Waals surface area contributed by atoms with Gasteiger partial charge in [-0.15, -0.1) is 0 Å². The third-order valence-corrected chi connectivity index (χ3v) is 19.2. The van der Waals surface area contributed by atoms with Crippen LogP contribution in [0.3, 0.4) is 0 Å². The van der Waals surface area contributed by atoms with E-state index < -0.39 is 0 Å². The summed E-state index contributed by atoms with van der Waals surface area (Å²) in [4.78, 5) is 4.72. The number of hydrogen-bond donors (Lipinski definition) is 0. The Morgan fingerprint density at radius 2 is 0.543 bits per heavy atom. The monoisotopic (exact) mass is 1200 g/mol. The van der Waals surface area contributed by atoms with Crippen LogP contribution in [0.25, 0.3) is 110 Å². The zero-order chi connectivity index (χ0) is 63.3. The van der Waals surface area contributed by atoms with E-state index in [-0.39, 0.29) is 21.7 Å². The third kappa shape index (κ3) is 9.36. The molecule has 0 amide bonds. The number of benzene rings is 12. The predicted octanol–water partition coefficient (Wildman–Crippen LogP) is 25.0. The molecule has 12 aromatic carbocycles. The Hall–Kier alpha value is -10.3. The van der Waals surface area contributed by atoms with Gasteiger partial charge in [0.15, 0.2) is 0 Å². The van der Waals surface area contributed by atoms with Gasteiger partial charge in [-0.1, -0.05) is 180 Å². The number of furan rings is 2. The lowest BCUT2D eigenvalue weighted by molar-refractivity contribution is 0.567. The van der Waals surface area contributed by atoms with Gasteiger partial charge in [-0.05, 0) is 188 Å². The first-order valence-electron chi connectivity index (χ1n) is 32.5. The van der Waals surface area contributed by atoms with E-state index in [1.165, 1.54) is 66.2 Å². The van der Waals surface area contributed by atoms with Gasteiger partial charge in [-0.2, -0.15) is 0 Å². The van der Waals surface area contributed by atoms with Gasteiger partial charge in [0.25, 0.3) is 0 Å². The molecule has 0 unspecified atom stereocenters. The summed E-state index contributed by atoms with van der Waals surface area (Å²) in [5.74, 6) is 0. The maximum absolute atomic E-state index is 6.95. The highest BCUT2D eigenvalue weighted by Gasteiger charge is 2.28. The van der Waals surface area contributed by atoms with Crippen LogP contribution in [0.2, 0.25) is 0 Å². The van der Waals surface area contributed by atoms with Gasteiger partial charge in [0, 0.05) is 101 Å². The minimum absolute atomic E-state index is 0.0369. The summed E-state index contributed by atoms with van der Waals surface area (Å²) in [6, 6.07) is 89.5. The molecule has 16 aromatic rings. The number of hydrogen-bond acceptors (Lipinski definition) is 4. The summed E-state index contributed by atoms with van der Waals surface area (Å²) < 4.78 is 18.8. The second-order valence-electron chi connectivity index (χ2n) is 29.5. The van der Waals surface area contributed by atoms with E-state index in [0.717, 1.165) is 99.8 Å². The molecule has 6 nitrogen and oxygen atoms in total. The fourth-order valence-corrected chi connectivity index (χ4v) is 14.2. The highest BCUT2D eigenvalue weighted by Crippen LogP contribution is 2.48. The van der Waals surface area contributed by atoms with E-state index in [1.54, 1.807) is 0 Å². The topological polar surface area (TPSA) is 42.6 Å². The molecule has 0 aliphatic heterocycles. The lowest BCUT2D eigenvalue weighted by atomic mass is 9.80. The van der Waals surface area contributed by atoms with Gasteiger partial charge in [-0.3, -0.25) is 0 Å². The molecular formula is C86H76N4O2. The van der Waals surface area contributed by atoms with Crippen molar-refractivity contribution < 1.29 is 8.83 Å². The van der Waals surface area contributed by atoms with Crippen molar-refractivity contribution in [2.75, 3.05) is 9.80 Å². The Labute approximate surface area is 538 Å². The summed E-state index contributed by atoms with van der Waals surface area (Å²) in [6.45, 7) is 27.8. The molecule has 0 aliphatic rings. The molecule has 452 valence electrons. The minimum Gasteiger partial charge on any atom is -0.456 e. The molecule has 0 radical (unpaired) electrons. The summed E-state index contributed by atoms with van der Waals surface area (Å²) >= 11 is 0. The molecule has 0 aliphatic carbocycles. The molecule has 0 bridgehead atoms. The molecule has 0 atom stereocenters. The van der Waals surface area contributed by atoms with Crippen molar-refractivity contribution in [1.29, 1.82) is 0 Å². The highest BCUT2D eigenvalue weighted by atomic mass is 16.3. The first-order valence-corrected chi connectivity index (χ1v) is 32.5. The van der Waals surface area contributed by atoms with Crippen molar-refractivity contribution in [1.82, 2.24) is 9.13 Å². The highest BCUT2D eigenvalue weighted by molar-refractivity contribution is 6.28. The number of para-hydroxylation sites is 4. The molecule has 6 heteroatoms. The standard InChI is InChI=1S/C86H76N4O2/c1-83(2,3)53-43-54(84(4,5)6)46-63(45-53)89-73-29-21-19-27-65(73)67-35-31-59(49-75(67)89)87(57-23-15-13-16-24-57)61-33-37-71-79(51-61)91-77-41-39-70-69(81(71)77)40-42-78-82(70)72-38-34-62(52-80(72)92-78)88(58-25-17-14-18-26-58)60-32-36-68-66-28-20-22-30-74(66)90(76(68)50-60)64-47-55(85(7,8)9)44-56(48-64)86(10,11)12/h13-52H,1-12H3. The van der Waals surface area contributed by atoms with E-state index in [0.29, 0.717) is 0 Å². The van der Waals surface area contributed by atoms with Crippen LogP contribution in [0.4, 0.5) is 34.1 Å². The Bertz CT molecular complexity index is 5210. The van der Waals surface area contributed by atoms with Gasteiger partial charge in [0.1, 0.15) is 22.3 Å². The van der Waals surface area contributed by atoms with Crippen LogP contribution < -0.4 is 9.80 Å². The van der Waals surface area contributed by atoms with Crippen LogP contribution in [0.15, 0.2) is 251 Å². The quantitative estimate of drug-likeness (QED) is 0.152. The summed E-state index contributed by atoms with van der Waals surface area (Å²) in [7, 11) is 0. The number of nitrogens with zero attached hydrogens (tertiary/aromatic N) is 4. The average molecular weight is 1200 g/mol. The first kappa shape index (κ1) is 56.9. The normalized spacial score (nSPS) is 12.8. The van der Waals surface area contributed by atoms with E-state index in [2.05, 4.69) is 345 Å². The third-order valence-electron chi connectivity index (χ3n) is 19.2. The van der Waals surface area contributed by atoms with Crippen LogP contribution in [0.5, 0.6) is 0 Å². The van der Waals surface area contributed by atoms with E-state index >= 15 is 0 Å². The van der Waals surface area contributed by atoms with Gasteiger partial charge in [0.05, 0.1) is 22.1 Å². The molecule has 16 rings (SSSR count). The van der Waals surface area contributed by atoms with Gasteiger partial charge in [-0.25, -0.2) is 0 Å². The van der Waals surface area contributed by atoms with Crippen LogP contribution in [-0.4, -0.2) is 9.13 Å². The molecule has 0 spiro atoms. The van der Waals surface area contributed by atoms with Crippen molar-refractivity contribution >= 4 is 132 Å². The smallest absolute Gasteiger partial charge is 0.137 e. The summed E-state index contributed by atoms with van der Waals surface area (Å²) in [5, 5.41) is 11.4. The lowest BCUT2D eigenvalue weighted by Gasteiger charge is -2.27. The molecule has 0 saturated heterocycles. The van der Waals surface area contributed by atoms with Crippen LogP contribution >= 0.6 is 0 Å². The molecule has 0 fully saturated rings. The average Bonchev–Trinajstić information content (AvgIpc) is 1.57. The van der Waals surface area contributed by atoms with Crippen LogP contribution in [-0.2, 0) is 21.7 Å². The minimum atomic E-state index is -0.0369. The molecule has 0 N–H and O–H groups in total. The van der Waals surface area contributed by atoms with Crippen LogP contribution in [0.1, 0.15) is 105 Å². The summed E-state index contributed by atoms with van der Waals surface area (Å²) in [6.07, 6.45) is 0. The maximum Gasteiger partial charge on any atom is 0.137 e. The SMILES string of the molecule is CC(C)(C)c1cc(-n2c3ccccc3c3ccc(N(c4ccccc4)c4ccc5c(c4)oc4ccc6c(ccc7oc8cc(N(c9ccccc9)c9ccc%10c%11ccccc%11n(-c%11cc(C(C)(C)C)cc(C(C)(C)C)c%11)c%10c9)ccc8c76)c45)cc32)cc(C(C)(C)C)c1. The largest absolute Gasteiger partial charge is 0.456 e. The number of rotatable bonds is 8. The second-order valence-corrected chi connectivity index (χ2v) is 29.5. The molecule has 0 saturated carbocycles. The maximum atomic E-state index is 6.95. The Morgan fingerprint density at radius 3 is 0.902 bits per heavy atom. The molecule has 92 heavy (non-hydrogen) atoms. The number of anilines is 6. The fraction of sp³-hybridized carbons (Fsp3) is 0.186. The van der Waals surface area contributed by atoms with Gasteiger partial charge in [0.2, 0.25) is 0 Å². The zero-order valence-corrected chi connectivity index (χ0v) is 54.7. The van der Waals surface area contributed by atoms with Gasteiger partial charge >= 0.3 is 0 Å². The van der Waals surface area contributed by atoms with Crippen molar-refractivity contribution in [3.05, 3.63) is 265 Å². The van der Waals surface area contributed by atoms with Crippen molar-refractivity contribution in [3.63, 3.8) is 0 Å². The Kier molecular flexibility index (Phi) is 12.7. The molecular weight excluding hydrogens is 1120 g/mol. The molecule has 4 heterocycles. The van der Waals surface area contributed by atoms with Crippen molar-refractivity contribution in [2.24, 2.45) is 0 Å². The Morgan fingerprint density at radius 1 is 0.239 bits per heavy atom. The lowest BCUT2D eigenvalue weighted by Crippen LogP contribution is -2.17. The van der Waals surface area contributed by atoms with E-state index in [4.69, 9.17) is 8.83 Å². The van der Waals surface area contributed by atoms with Crippen molar-refractivity contribution in [2.45, 2.75) is 105 Å². The first-order chi connectivity index (χ1) is 44.1. The van der Waals surface area contributed by atoms with Gasteiger partial charge < -0.3 is 27.8 Å². The number of aromatic nitrogens is 2. The predicted molar refractivity (Wildman–Crippen MR) is 391 cm³/mol.